The van der Waals surface area contributed by atoms with Gasteiger partial charge in [0.05, 0.1) is 6.04 Å². The van der Waals surface area contributed by atoms with Crippen LogP contribution in [0.2, 0.25) is 0 Å². The summed E-state index contributed by atoms with van der Waals surface area (Å²) in [7, 11) is 1.98. The maximum Gasteiger partial charge on any atom is 0.237 e. The van der Waals surface area contributed by atoms with E-state index in [2.05, 4.69) is 15.5 Å². The van der Waals surface area contributed by atoms with Crippen molar-refractivity contribution >= 4 is 5.91 Å². The van der Waals surface area contributed by atoms with E-state index in [1.807, 2.05) is 14.0 Å². The first kappa shape index (κ1) is 11.9. The molecule has 0 aromatic heterocycles. The average molecular weight is 225 g/mol. The molecular weight excluding hydrogens is 202 g/mol. The van der Waals surface area contributed by atoms with Crippen LogP contribution in [0.5, 0.6) is 0 Å². The van der Waals surface area contributed by atoms with Gasteiger partial charge in [0.15, 0.2) is 0 Å². The number of likely N-dealkylation sites (tertiary alicyclic amines) is 1. The second-order valence-electron chi connectivity index (χ2n) is 5.05. The molecule has 1 saturated heterocycles. The lowest BCUT2D eigenvalue weighted by Crippen LogP contribution is -2.49. The lowest BCUT2D eigenvalue weighted by Gasteiger charge is -2.29. The van der Waals surface area contributed by atoms with E-state index in [-0.39, 0.29) is 11.9 Å². The van der Waals surface area contributed by atoms with Crippen molar-refractivity contribution in [3.05, 3.63) is 0 Å². The van der Waals surface area contributed by atoms with E-state index in [1.165, 1.54) is 25.7 Å². The van der Waals surface area contributed by atoms with E-state index >= 15 is 0 Å². The van der Waals surface area contributed by atoms with Crippen LogP contribution in [-0.4, -0.2) is 49.1 Å². The van der Waals surface area contributed by atoms with Gasteiger partial charge in [-0.3, -0.25) is 9.69 Å². The van der Waals surface area contributed by atoms with Crippen LogP contribution in [0.25, 0.3) is 0 Å². The summed E-state index contributed by atoms with van der Waals surface area (Å²) in [6.45, 7) is 4.08. The van der Waals surface area contributed by atoms with Gasteiger partial charge in [-0.25, -0.2) is 0 Å². The Balaban J connectivity index is 1.85. The summed E-state index contributed by atoms with van der Waals surface area (Å²) >= 11 is 0. The molecule has 0 aromatic rings. The fourth-order valence-corrected chi connectivity index (χ4v) is 2.52. The standard InChI is InChI=1S/C12H23N3O/c1-9(12(16)14-10-5-6-10)15-7-3-4-11(15)8-13-2/h9-11,13H,3-8H2,1-2H3,(H,14,16). The van der Waals surface area contributed by atoms with Crippen LogP contribution in [0.3, 0.4) is 0 Å². The third-order valence-corrected chi connectivity index (χ3v) is 3.66. The van der Waals surface area contributed by atoms with Gasteiger partial charge in [0.2, 0.25) is 5.91 Å². The highest BCUT2D eigenvalue weighted by Gasteiger charge is 2.33. The fourth-order valence-electron chi connectivity index (χ4n) is 2.52. The van der Waals surface area contributed by atoms with Gasteiger partial charge in [-0.1, -0.05) is 0 Å². The number of hydrogen-bond donors (Lipinski definition) is 2. The van der Waals surface area contributed by atoms with E-state index in [0.29, 0.717) is 12.1 Å². The van der Waals surface area contributed by atoms with Crippen molar-refractivity contribution in [3.8, 4) is 0 Å². The Hall–Kier alpha value is -0.610. The number of nitrogens with one attached hydrogen (secondary N) is 2. The SMILES string of the molecule is CNCC1CCCN1C(C)C(=O)NC1CC1. The second-order valence-corrected chi connectivity index (χ2v) is 5.05. The van der Waals surface area contributed by atoms with E-state index in [1.54, 1.807) is 0 Å². The van der Waals surface area contributed by atoms with Gasteiger partial charge in [0, 0.05) is 18.6 Å². The van der Waals surface area contributed by atoms with Crippen molar-refractivity contribution in [1.82, 2.24) is 15.5 Å². The molecular formula is C12H23N3O. The van der Waals surface area contributed by atoms with E-state index in [9.17, 15) is 4.79 Å². The highest BCUT2D eigenvalue weighted by atomic mass is 16.2. The van der Waals surface area contributed by atoms with Crippen molar-refractivity contribution < 1.29 is 4.79 Å². The molecule has 1 saturated carbocycles. The van der Waals surface area contributed by atoms with E-state index in [4.69, 9.17) is 0 Å². The van der Waals surface area contributed by atoms with E-state index in [0.717, 1.165) is 13.1 Å². The summed E-state index contributed by atoms with van der Waals surface area (Å²) in [5.74, 6) is 0.213. The van der Waals surface area contributed by atoms with Crippen LogP contribution in [0.1, 0.15) is 32.6 Å². The summed E-state index contributed by atoms with van der Waals surface area (Å²) in [6, 6.07) is 1.03. The topological polar surface area (TPSA) is 44.4 Å². The summed E-state index contributed by atoms with van der Waals surface area (Å²) < 4.78 is 0. The molecule has 1 amide bonds. The molecule has 2 rings (SSSR count). The van der Waals surface area contributed by atoms with Crippen LogP contribution in [0.15, 0.2) is 0 Å². The molecule has 0 aromatic carbocycles. The minimum Gasteiger partial charge on any atom is -0.352 e. The number of likely N-dealkylation sites (N-methyl/N-ethyl adjacent to an activating group) is 1. The maximum absolute atomic E-state index is 12.0. The number of rotatable bonds is 5. The van der Waals surface area contributed by atoms with Crippen molar-refractivity contribution in [2.75, 3.05) is 20.1 Å². The van der Waals surface area contributed by atoms with Crippen LogP contribution in [0, 0.1) is 0 Å². The molecule has 0 bridgehead atoms. The largest absolute Gasteiger partial charge is 0.352 e. The molecule has 4 nitrogen and oxygen atoms in total. The van der Waals surface area contributed by atoms with Gasteiger partial charge >= 0.3 is 0 Å². The number of carbonyl (C=O) groups is 1. The summed E-state index contributed by atoms with van der Waals surface area (Å²) in [6.07, 6.45) is 4.76. The minimum atomic E-state index is 0.0291. The molecule has 0 radical (unpaired) electrons. The summed E-state index contributed by atoms with van der Waals surface area (Å²) in [5, 5.41) is 6.31. The summed E-state index contributed by atoms with van der Waals surface area (Å²) in [4.78, 5) is 14.3. The van der Waals surface area contributed by atoms with Crippen LogP contribution in [0.4, 0.5) is 0 Å². The van der Waals surface area contributed by atoms with Crippen molar-refractivity contribution in [3.63, 3.8) is 0 Å². The normalized spacial score (nSPS) is 28.0. The molecule has 2 unspecified atom stereocenters. The molecule has 1 aliphatic heterocycles. The zero-order valence-electron chi connectivity index (χ0n) is 10.3. The molecule has 2 aliphatic rings. The zero-order valence-corrected chi connectivity index (χ0v) is 10.3. The fraction of sp³-hybridized carbons (Fsp3) is 0.917. The Kier molecular flexibility index (Phi) is 3.82. The van der Waals surface area contributed by atoms with Crippen molar-refractivity contribution in [2.24, 2.45) is 0 Å². The molecule has 4 heteroatoms. The zero-order chi connectivity index (χ0) is 11.5. The number of hydrogen-bond acceptors (Lipinski definition) is 3. The predicted octanol–water partition coefficient (Wildman–Crippen LogP) is 0.337. The smallest absolute Gasteiger partial charge is 0.237 e. The van der Waals surface area contributed by atoms with Gasteiger partial charge in [0.25, 0.3) is 0 Å². The lowest BCUT2D eigenvalue weighted by atomic mass is 10.2. The highest BCUT2D eigenvalue weighted by molar-refractivity contribution is 5.82. The third-order valence-electron chi connectivity index (χ3n) is 3.66. The average Bonchev–Trinajstić information content (AvgIpc) is 2.95. The first-order valence-electron chi connectivity index (χ1n) is 6.43. The van der Waals surface area contributed by atoms with Crippen LogP contribution >= 0.6 is 0 Å². The Morgan fingerprint density at radius 1 is 1.44 bits per heavy atom. The van der Waals surface area contributed by atoms with Crippen LogP contribution in [-0.2, 0) is 4.79 Å². The molecule has 2 atom stereocenters. The van der Waals surface area contributed by atoms with Gasteiger partial charge in [-0.2, -0.15) is 0 Å². The number of nitrogens with zero attached hydrogens (tertiary/aromatic N) is 1. The molecule has 1 aliphatic carbocycles. The number of carbonyl (C=O) groups excluding carboxylic acids is 1. The van der Waals surface area contributed by atoms with Gasteiger partial charge in [0.1, 0.15) is 0 Å². The maximum atomic E-state index is 12.0. The third kappa shape index (κ3) is 2.74. The number of amides is 1. The molecule has 0 spiro atoms. The molecule has 16 heavy (non-hydrogen) atoms. The molecule has 2 N–H and O–H groups in total. The molecule has 1 heterocycles. The molecule has 92 valence electrons. The van der Waals surface area contributed by atoms with Crippen molar-refractivity contribution in [1.29, 1.82) is 0 Å². The van der Waals surface area contributed by atoms with Crippen molar-refractivity contribution in [2.45, 2.75) is 50.7 Å². The Morgan fingerprint density at radius 3 is 2.81 bits per heavy atom. The predicted molar refractivity (Wildman–Crippen MR) is 64.3 cm³/mol. The first-order chi connectivity index (χ1) is 7.72. The lowest BCUT2D eigenvalue weighted by molar-refractivity contribution is -0.126. The van der Waals surface area contributed by atoms with Crippen LogP contribution < -0.4 is 10.6 Å². The quantitative estimate of drug-likeness (QED) is 0.709. The van der Waals surface area contributed by atoms with Gasteiger partial charge < -0.3 is 10.6 Å². The van der Waals surface area contributed by atoms with Gasteiger partial charge in [-0.15, -0.1) is 0 Å². The Labute approximate surface area is 97.8 Å². The first-order valence-corrected chi connectivity index (χ1v) is 6.43. The second kappa shape index (κ2) is 5.15. The monoisotopic (exact) mass is 225 g/mol. The Bertz CT molecular complexity index is 253. The molecule has 2 fully saturated rings. The van der Waals surface area contributed by atoms with E-state index < -0.39 is 0 Å². The highest BCUT2D eigenvalue weighted by Crippen LogP contribution is 2.22. The Morgan fingerprint density at radius 2 is 2.19 bits per heavy atom. The summed E-state index contributed by atoms with van der Waals surface area (Å²) in [5.41, 5.74) is 0. The minimum absolute atomic E-state index is 0.0291. The van der Waals surface area contributed by atoms with Gasteiger partial charge in [-0.05, 0) is 46.2 Å².